The van der Waals surface area contributed by atoms with Gasteiger partial charge in [0.1, 0.15) is 0 Å². The molecule has 0 fully saturated rings. The van der Waals surface area contributed by atoms with Crippen molar-refractivity contribution in [3.8, 4) is 0 Å². The van der Waals surface area contributed by atoms with Gasteiger partial charge in [-0.3, -0.25) is 4.98 Å². The zero-order valence-corrected chi connectivity index (χ0v) is 7.13. The number of hydrogen-bond acceptors (Lipinski definition) is 2. The molecule has 1 aromatic heterocycles. The van der Waals surface area contributed by atoms with Crippen LogP contribution in [0.4, 0.5) is 0 Å². The van der Waals surface area contributed by atoms with E-state index in [0.29, 0.717) is 0 Å². The van der Waals surface area contributed by atoms with Gasteiger partial charge in [0.25, 0.3) is 0 Å². The summed E-state index contributed by atoms with van der Waals surface area (Å²) < 4.78 is 0. The predicted molar refractivity (Wildman–Crippen MR) is 44.3 cm³/mol. The van der Waals surface area contributed by atoms with Gasteiger partial charge in [-0.2, -0.15) is 0 Å². The molecule has 0 aliphatic carbocycles. The van der Waals surface area contributed by atoms with E-state index in [9.17, 15) is 5.11 Å². The van der Waals surface area contributed by atoms with Gasteiger partial charge in [-0.05, 0) is 32.4 Å². The van der Waals surface area contributed by atoms with Crippen LogP contribution in [0.3, 0.4) is 0 Å². The SMILES string of the molecule is Cc1cc(C)c([C@@H](C)O)cn1. The van der Waals surface area contributed by atoms with Crippen molar-refractivity contribution < 1.29 is 5.11 Å². The highest BCUT2D eigenvalue weighted by Gasteiger charge is 2.03. The minimum atomic E-state index is -0.414. The number of rotatable bonds is 1. The molecule has 0 amide bonds. The van der Waals surface area contributed by atoms with Crippen LogP contribution in [0.2, 0.25) is 0 Å². The zero-order chi connectivity index (χ0) is 8.43. The Hall–Kier alpha value is -0.890. The molecular formula is C9H13NO. The van der Waals surface area contributed by atoms with Crippen molar-refractivity contribution in [2.75, 3.05) is 0 Å². The third kappa shape index (κ3) is 1.77. The summed E-state index contributed by atoms with van der Waals surface area (Å²) in [6, 6.07) is 1.97. The van der Waals surface area contributed by atoms with E-state index >= 15 is 0 Å². The van der Waals surface area contributed by atoms with Crippen molar-refractivity contribution in [3.63, 3.8) is 0 Å². The molecule has 0 spiro atoms. The largest absolute Gasteiger partial charge is 0.389 e. The summed E-state index contributed by atoms with van der Waals surface area (Å²) in [5.41, 5.74) is 3.01. The molecule has 0 bridgehead atoms. The van der Waals surface area contributed by atoms with Crippen molar-refractivity contribution in [2.45, 2.75) is 26.9 Å². The Kier molecular flexibility index (Phi) is 2.25. The number of pyridine rings is 1. The Balaban J connectivity index is 3.09. The van der Waals surface area contributed by atoms with Crippen molar-refractivity contribution in [1.82, 2.24) is 4.98 Å². The number of hydrogen-bond donors (Lipinski definition) is 1. The van der Waals surface area contributed by atoms with Gasteiger partial charge >= 0.3 is 0 Å². The van der Waals surface area contributed by atoms with Crippen molar-refractivity contribution in [2.24, 2.45) is 0 Å². The number of aromatic nitrogens is 1. The fourth-order valence-electron chi connectivity index (χ4n) is 1.14. The van der Waals surface area contributed by atoms with Crippen LogP contribution >= 0.6 is 0 Å². The van der Waals surface area contributed by atoms with E-state index in [1.807, 2.05) is 19.9 Å². The molecule has 2 heteroatoms. The van der Waals surface area contributed by atoms with Crippen molar-refractivity contribution in [3.05, 3.63) is 29.1 Å². The summed E-state index contributed by atoms with van der Waals surface area (Å²) in [6.07, 6.45) is 1.32. The fourth-order valence-corrected chi connectivity index (χ4v) is 1.14. The van der Waals surface area contributed by atoms with Crippen LogP contribution in [0.25, 0.3) is 0 Å². The molecule has 11 heavy (non-hydrogen) atoms. The molecular weight excluding hydrogens is 138 g/mol. The van der Waals surface area contributed by atoms with Gasteiger partial charge in [-0.25, -0.2) is 0 Å². The normalized spacial score (nSPS) is 13.1. The van der Waals surface area contributed by atoms with E-state index in [1.165, 1.54) is 0 Å². The lowest BCUT2D eigenvalue weighted by Gasteiger charge is -2.07. The third-order valence-corrected chi connectivity index (χ3v) is 1.74. The Bertz CT molecular complexity index is 256. The average Bonchev–Trinajstić information content (AvgIpc) is 1.85. The smallest absolute Gasteiger partial charge is 0.0779 e. The number of nitrogens with zero attached hydrogens (tertiary/aromatic N) is 1. The van der Waals surface area contributed by atoms with Gasteiger partial charge in [-0.1, -0.05) is 0 Å². The van der Waals surface area contributed by atoms with Gasteiger partial charge in [0.05, 0.1) is 6.10 Å². The lowest BCUT2D eigenvalue weighted by Crippen LogP contribution is -1.96. The number of aliphatic hydroxyl groups is 1. The van der Waals surface area contributed by atoms with Crippen LogP contribution in [0.15, 0.2) is 12.3 Å². The molecule has 0 saturated heterocycles. The Labute approximate surface area is 66.9 Å². The standard InChI is InChI=1S/C9H13NO/c1-6-4-7(2)10-5-9(6)8(3)11/h4-5,8,11H,1-3H3/t8-/m1/s1. The lowest BCUT2D eigenvalue weighted by atomic mass is 10.1. The summed E-state index contributed by atoms with van der Waals surface area (Å²) >= 11 is 0. The molecule has 1 N–H and O–H groups in total. The van der Waals surface area contributed by atoms with Gasteiger partial charge in [0.15, 0.2) is 0 Å². The van der Waals surface area contributed by atoms with Gasteiger partial charge in [-0.15, -0.1) is 0 Å². The first-order chi connectivity index (χ1) is 5.11. The van der Waals surface area contributed by atoms with Crippen LogP contribution in [0.1, 0.15) is 29.8 Å². The third-order valence-electron chi connectivity index (χ3n) is 1.74. The highest BCUT2D eigenvalue weighted by molar-refractivity contribution is 5.26. The first-order valence-electron chi connectivity index (χ1n) is 3.72. The fraction of sp³-hybridized carbons (Fsp3) is 0.444. The van der Waals surface area contributed by atoms with Gasteiger partial charge in [0, 0.05) is 17.5 Å². The number of aliphatic hydroxyl groups excluding tert-OH is 1. The summed E-state index contributed by atoms with van der Waals surface area (Å²) in [5.74, 6) is 0. The summed E-state index contributed by atoms with van der Waals surface area (Å²) in [7, 11) is 0. The second-order valence-corrected chi connectivity index (χ2v) is 2.86. The van der Waals surface area contributed by atoms with E-state index in [2.05, 4.69) is 4.98 Å². The topological polar surface area (TPSA) is 33.1 Å². The quantitative estimate of drug-likeness (QED) is 0.663. The molecule has 1 aromatic rings. The summed E-state index contributed by atoms with van der Waals surface area (Å²) in [6.45, 7) is 5.68. The molecule has 0 aromatic carbocycles. The molecule has 2 nitrogen and oxygen atoms in total. The van der Waals surface area contributed by atoms with Gasteiger partial charge < -0.3 is 5.11 Å². The first kappa shape index (κ1) is 8.21. The number of aryl methyl sites for hydroxylation is 2. The minimum Gasteiger partial charge on any atom is -0.389 e. The van der Waals surface area contributed by atoms with E-state index < -0.39 is 6.10 Å². The van der Waals surface area contributed by atoms with Crippen LogP contribution in [0, 0.1) is 13.8 Å². The highest BCUT2D eigenvalue weighted by atomic mass is 16.3. The van der Waals surface area contributed by atoms with E-state index in [1.54, 1.807) is 13.1 Å². The van der Waals surface area contributed by atoms with Crippen molar-refractivity contribution >= 4 is 0 Å². The summed E-state index contributed by atoms with van der Waals surface area (Å²) in [5, 5.41) is 9.26. The molecule has 0 aliphatic heterocycles. The minimum absolute atomic E-state index is 0.414. The van der Waals surface area contributed by atoms with E-state index in [4.69, 9.17) is 0 Å². The Morgan fingerprint density at radius 1 is 1.45 bits per heavy atom. The van der Waals surface area contributed by atoms with Crippen LogP contribution in [0.5, 0.6) is 0 Å². The van der Waals surface area contributed by atoms with Crippen LogP contribution in [-0.4, -0.2) is 10.1 Å². The maximum Gasteiger partial charge on any atom is 0.0779 e. The Morgan fingerprint density at radius 3 is 2.55 bits per heavy atom. The molecule has 1 rings (SSSR count). The van der Waals surface area contributed by atoms with Crippen molar-refractivity contribution in [1.29, 1.82) is 0 Å². The van der Waals surface area contributed by atoms with E-state index in [-0.39, 0.29) is 0 Å². The maximum atomic E-state index is 9.26. The second-order valence-electron chi connectivity index (χ2n) is 2.86. The highest BCUT2D eigenvalue weighted by Crippen LogP contribution is 2.15. The second kappa shape index (κ2) is 3.01. The van der Waals surface area contributed by atoms with Crippen LogP contribution in [-0.2, 0) is 0 Å². The average molecular weight is 151 g/mol. The molecule has 0 aliphatic rings. The Morgan fingerprint density at radius 2 is 2.09 bits per heavy atom. The van der Waals surface area contributed by atoms with E-state index in [0.717, 1.165) is 16.8 Å². The summed E-state index contributed by atoms with van der Waals surface area (Å²) in [4.78, 5) is 4.10. The molecule has 0 saturated carbocycles. The first-order valence-corrected chi connectivity index (χ1v) is 3.72. The molecule has 1 atom stereocenters. The molecule has 1 heterocycles. The van der Waals surface area contributed by atoms with Crippen LogP contribution < -0.4 is 0 Å². The zero-order valence-electron chi connectivity index (χ0n) is 7.13. The van der Waals surface area contributed by atoms with Gasteiger partial charge in [0.2, 0.25) is 0 Å². The lowest BCUT2D eigenvalue weighted by molar-refractivity contribution is 0.198. The predicted octanol–water partition coefficient (Wildman–Crippen LogP) is 1.75. The molecule has 0 radical (unpaired) electrons. The molecule has 60 valence electrons. The molecule has 0 unspecified atom stereocenters. The maximum absolute atomic E-state index is 9.26. The monoisotopic (exact) mass is 151 g/mol.